The van der Waals surface area contributed by atoms with Gasteiger partial charge in [0, 0.05) is 24.1 Å². The van der Waals surface area contributed by atoms with E-state index in [4.69, 9.17) is 24.3 Å². The Bertz CT molecular complexity index is 1690. The van der Waals surface area contributed by atoms with E-state index in [0.29, 0.717) is 48.4 Å². The molecule has 4 N–H and O–H groups in total. The van der Waals surface area contributed by atoms with Gasteiger partial charge >= 0.3 is 0 Å². The highest BCUT2D eigenvalue weighted by Crippen LogP contribution is 2.59. The molecule has 2 amide bonds. The maximum absolute atomic E-state index is 12.9. The van der Waals surface area contributed by atoms with E-state index in [2.05, 4.69) is 33.8 Å². The highest BCUT2D eigenvalue weighted by Gasteiger charge is 2.61. The molecule has 3 atom stereocenters. The van der Waals surface area contributed by atoms with Crippen molar-refractivity contribution < 1.29 is 23.2 Å². The maximum atomic E-state index is 12.9. The number of hydrogen-bond acceptors (Lipinski definition) is 8. The van der Waals surface area contributed by atoms with Crippen molar-refractivity contribution in [2.75, 3.05) is 5.32 Å². The molecule has 0 fully saturated rings. The second-order valence-electron chi connectivity index (χ2n) is 12.2. The van der Waals surface area contributed by atoms with Crippen LogP contribution in [0.2, 0.25) is 0 Å². The third kappa shape index (κ3) is 4.94. The number of amides is 2. The summed E-state index contributed by atoms with van der Waals surface area (Å²) in [7, 11) is 0. The summed E-state index contributed by atoms with van der Waals surface area (Å²) in [4.78, 5) is 32.5. The summed E-state index contributed by atoms with van der Waals surface area (Å²) in [5, 5.41) is 6.72. The molecule has 0 aliphatic carbocycles. The zero-order valence-corrected chi connectivity index (χ0v) is 25.1. The minimum Gasteiger partial charge on any atom is -0.469 e. The molecule has 43 heavy (non-hydrogen) atoms. The van der Waals surface area contributed by atoms with Crippen LogP contribution in [0.5, 0.6) is 5.75 Å². The highest BCUT2D eigenvalue weighted by molar-refractivity contribution is 5.78. The number of benzene rings is 2. The lowest BCUT2D eigenvalue weighted by atomic mass is 9.72. The first-order chi connectivity index (χ1) is 20.6. The van der Waals surface area contributed by atoms with Crippen molar-refractivity contribution in [2.24, 2.45) is 17.6 Å². The zero-order chi connectivity index (χ0) is 30.5. The molecule has 3 aliphatic rings. The van der Waals surface area contributed by atoms with Gasteiger partial charge in [-0.2, -0.15) is 0 Å². The molecule has 2 unspecified atom stereocenters. The van der Waals surface area contributed by atoms with Crippen molar-refractivity contribution in [1.29, 1.82) is 0 Å². The molecule has 0 saturated heterocycles. The number of oxazole rings is 2. The van der Waals surface area contributed by atoms with Gasteiger partial charge in [-0.1, -0.05) is 58.0 Å². The molecule has 2 aromatic heterocycles. The minimum absolute atomic E-state index is 0.0419. The van der Waals surface area contributed by atoms with Gasteiger partial charge in [-0.15, -0.1) is 0 Å². The Morgan fingerprint density at radius 2 is 1.86 bits per heavy atom. The summed E-state index contributed by atoms with van der Waals surface area (Å²) >= 11 is 0. The molecule has 10 nitrogen and oxygen atoms in total. The van der Waals surface area contributed by atoms with E-state index in [1.54, 1.807) is 6.26 Å². The topological polar surface area (TPSA) is 146 Å². The Balaban J connectivity index is 0.000000423. The smallest absolute Gasteiger partial charge is 0.249 e. The average Bonchev–Trinajstić information content (AvgIpc) is 3.70. The van der Waals surface area contributed by atoms with Crippen LogP contribution < -0.4 is 21.1 Å². The monoisotopic (exact) mass is 583 g/mol. The Hall–Kier alpha value is -4.60. The van der Waals surface area contributed by atoms with Crippen LogP contribution in [0.1, 0.15) is 80.6 Å². The van der Waals surface area contributed by atoms with Crippen LogP contribution >= 0.6 is 0 Å². The van der Waals surface area contributed by atoms with E-state index in [1.165, 1.54) is 0 Å². The van der Waals surface area contributed by atoms with Gasteiger partial charge in [-0.05, 0) is 48.4 Å². The van der Waals surface area contributed by atoms with E-state index in [-0.39, 0.29) is 17.7 Å². The molecule has 0 radical (unpaired) electrons. The molecule has 4 bridgehead atoms. The fourth-order valence-electron chi connectivity index (χ4n) is 6.15. The number of rotatable bonds is 4. The summed E-state index contributed by atoms with van der Waals surface area (Å²) in [6, 6.07) is 13.9. The van der Waals surface area contributed by atoms with Gasteiger partial charge in [-0.25, -0.2) is 9.97 Å². The fraction of sp³-hybridized carbons (Fsp3) is 0.394. The number of nitrogens with two attached hydrogens (primary N) is 1. The summed E-state index contributed by atoms with van der Waals surface area (Å²) in [6.45, 7) is 9.89. The number of primary amides is 1. The van der Waals surface area contributed by atoms with E-state index in [0.717, 1.165) is 33.8 Å². The van der Waals surface area contributed by atoms with Gasteiger partial charge in [0.2, 0.25) is 23.6 Å². The van der Waals surface area contributed by atoms with Gasteiger partial charge in [0.15, 0.2) is 17.7 Å². The van der Waals surface area contributed by atoms with Crippen LogP contribution in [-0.2, 0) is 21.4 Å². The predicted molar refractivity (Wildman–Crippen MR) is 160 cm³/mol. The first kappa shape index (κ1) is 28.5. The highest BCUT2D eigenvalue weighted by atomic mass is 16.5. The number of hydrogen-bond donors (Lipinski definition) is 3. The maximum Gasteiger partial charge on any atom is 0.249 e. The van der Waals surface area contributed by atoms with Crippen LogP contribution in [0.3, 0.4) is 0 Å². The number of nitrogens with zero attached hydrogens (tertiary/aromatic N) is 2. The number of para-hydroxylation sites is 1. The van der Waals surface area contributed by atoms with Crippen LogP contribution in [-0.4, -0.2) is 28.0 Å². The van der Waals surface area contributed by atoms with Crippen LogP contribution in [0.4, 0.5) is 5.69 Å². The molecule has 0 saturated carbocycles. The standard InChI is InChI=1S/C28H26N4O4.C5H11NO/c1-14(2)22-26-32-23(25-29-15(3)13-34-25)24(36-26)28-17-6-4-5-7-19(17)30-27(28)35-20-10-8-16(12-18(20)28)9-11-21(33)31-22;1-4(2)3-5(6)7/h4-8,10,12-14,22,27,30H,9,11H2,1-3H3,(H,31,33);4H,3H2,1-2H3,(H2,6,7)/t22?,27?,28-;/m0./s1. The number of fused-ring (bicyclic) bond motifs is 4. The van der Waals surface area contributed by atoms with Crippen molar-refractivity contribution in [2.45, 2.75) is 71.6 Å². The molecular formula is C33H37N5O5. The Morgan fingerprint density at radius 3 is 2.53 bits per heavy atom. The number of aryl methyl sites for hydroxylation is 2. The van der Waals surface area contributed by atoms with Crippen LogP contribution in [0.15, 0.2) is 57.6 Å². The molecule has 5 heterocycles. The minimum atomic E-state index is -0.810. The third-order valence-corrected chi connectivity index (χ3v) is 8.07. The van der Waals surface area contributed by atoms with Crippen molar-refractivity contribution in [3.63, 3.8) is 0 Å². The number of carbonyl (C=O) groups excluding carboxylic acids is 2. The Labute approximate surface area is 250 Å². The quantitative estimate of drug-likeness (QED) is 0.290. The summed E-state index contributed by atoms with van der Waals surface area (Å²) in [5.41, 5.74) is 9.37. The number of anilines is 1. The van der Waals surface area contributed by atoms with Gasteiger partial charge in [0.1, 0.15) is 23.5 Å². The third-order valence-electron chi connectivity index (χ3n) is 8.07. The molecule has 2 aromatic carbocycles. The van der Waals surface area contributed by atoms with E-state index >= 15 is 0 Å². The molecule has 1 spiro atoms. The molecular weight excluding hydrogens is 546 g/mol. The van der Waals surface area contributed by atoms with E-state index in [1.807, 2.05) is 58.9 Å². The number of carbonyl (C=O) groups is 2. The number of nitrogens with one attached hydrogen (secondary N) is 2. The van der Waals surface area contributed by atoms with Crippen LogP contribution in [0.25, 0.3) is 11.6 Å². The average molecular weight is 584 g/mol. The molecule has 3 aliphatic heterocycles. The van der Waals surface area contributed by atoms with Crippen molar-refractivity contribution in [1.82, 2.24) is 15.3 Å². The molecule has 4 aromatic rings. The molecule has 7 rings (SSSR count). The number of aromatic nitrogens is 2. The van der Waals surface area contributed by atoms with E-state index < -0.39 is 17.7 Å². The normalized spacial score (nSPS) is 21.4. The van der Waals surface area contributed by atoms with Gasteiger partial charge in [-0.3, -0.25) is 9.59 Å². The summed E-state index contributed by atoms with van der Waals surface area (Å²) in [5.74, 6) is 2.38. The SMILES string of the molecule is CC(C)CC(N)=O.Cc1coc(-c2nc3oc2[C@@]24c5ccccc5NC2Oc2ccc(cc24)CCC(=O)NC3C(C)C)n1. The van der Waals surface area contributed by atoms with Crippen LogP contribution in [0, 0.1) is 18.8 Å². The van der Waals surface area contributed by atoms with Gasteiger partial charge < -0.3 is 29.9 Å². The largest absolute Gasteiger partial charge is 0.469 e. The lowest BCUT2D eigenvalue weighted by Gasteiger charge is -2.27. The first-order valence-corrected chi connectivity index (χ1v) is 14.7. The summed E-state index contributed by atoms with van der Waals surface area (Å²) in [6.07, 6.45) is 2.66. The van der Waals surface area contributed by atoms with Gasteiger partial charge in [0.05, 0.1) is 5.69 Å². The first-order valence-electron chi connectivity index (χ1n) is 14.7. The van der Waals surface area contributed by atoms with Crippen molar-refractivity contribution in [3.8, 4) is 17.3 Å². The lowest BCUT2D eigenvalue weighted by molar-refractivity contribution is -0.122. The van der Waals surface area contributed by atoms with Crippen molar-refractivity contribution >= 4 is 17.5 Å². The summed E-state index contributed by atoms with van der Waals surface area (Å²) < 4.78 is 19.1. The van der Waals surface area contributed by atoms with Crippen molar-refractivity contribution in [3.05, 3.63) is 82.8 Å². The Kier molecular flexibility index (Phi) is 7.23. The fourth-order valence-corrected chi connectivity index (χ4v) is 6.15. The lowest BCUT2D eigenvalue weighted by Crippen LogP contribution is -2.40. The zero-order valence-electron chi connectivity index (χ0n) is 25.1. The Morgan fingerprint density at radius 1 is 1.07 bits per heavy atom. The molecule has 10 heteroatoms. The molecule has 224 valence electrons. The van der Waals surface area contributed by atoms with E-state index in [9.17, 15) is 9.59 Å². The second-order valence-corrected chi connectivity index (χ2v) is 12.2. The number of ether oxygens (including phenoxy) is 1. The predicted octanol–water partition coefficient (Wildman–Crippen LogP) is 5.39. The van der Waals surface area contributed by atoms with Gasteiger partial charge in [0.25, 0.3) is 0 Å². The second kappa shape index (κ2) is 10.9.